The number of thiazole rings is 1. The average molecular weight is 394 g/mol. The summed E-state index contributed by atoms with van der Waals surface area (Å²) in [6.45, 7) is 3.77. The van der Waals surface area contributed by atoms with Gasteiger partial charge in [0, 0.05) is 17.5 Å². The monoisotopic (exact) mass is 394 g/mol. The van der Waals surface area contributed by atoms with Crippen molar-refractivity contribution < 1.29 is 13.9 Å². The van der Waals surface area contributed by atoms with Crippen molar-refractivity contribution in [3.8, 4) is 5.75 Å². The van der Waals surface area contributed by atoms with Crippen LogP contribution in [-0.4, -0.2) is 17.5 Å². The molecule has 1 amide bonds. The van der Waals surface area contributed by atoms with Gasteiger partial charge in [0.05, 0.1) is 10.2 Å². The van der Waals surface area contributed by atoms with Crippen molar-refractivity contribution in [2.45, 2.75) is 20.3 Å². The number of hydrogen-bond donors (Lipinski definition) is 1. The molecule has 6 nitrogen and oxygen atoms in total. The molecular formula is C21H18N2O4S. The van der Waals surface area contributed by atoms with E-state index in [9.17, 15) is 9.59 Å². The summed E-state index contributed by atoms with van der Waals surface area (Å²) in [5.41, 5.74) is 2.94. The Morgan fingerprint density at radius 2 is 2.07 bits per heavy atom. The van der Waals surface area contributed by atoms with Gasteiger partial charge in [0.25, 0.3) is 5.91 Å². The maximum Gasteiger partial charge on any atom is 0.336 e. The third kappa shape index (κ3) is 3.75. The standard InChI is InChI=1S/C21H18N2O4S/c1-3-13-4-7-16-18(9-13)28-21(22-16)23-19(24)11-26-14-5-6-15-12(2)8-20(25)27-17(15)10-14/h4-10H,3,11H2,1-2H3,(H,22,23,24). The van der Waals surface area contributed by atoms with Crippen molar-refractivity contribution >= 4 is 43.6 Å². The minimum Gasteiger partial charge on any atom is -0.484 e. The number of amides is 1. The fourth-order valence-electron chi connectivity index (χ4n) is 2.94. The van der Waals surface area contributed by atoms with Gasteiger partial charge in [-0.3, -0.25) is 10.1 Å². The van der Waals surface area contributed by atoms with Gasteiger partial charge in [0.1, 0.15) is 11.3 Å². The molecule has 0 unspecified atom stereocenters. The summed E-state index contributed by atoms with van der Waals surface area (Å²) < 4.78 is 11.8. The molecule has 0 aliphatic heterocycles. The number of carbonyl (C=O) groups is 1. The summed E-state index contributed by atoms with van der Waals surface area (Å²) in [6.07, 6.45) is 0.953. The maximum absolute atomic E-state index is 12.2. The SMILES string of the molecule is CCc1ccc2nc(NC(=O)COc3ccc4c(C)cc(=O)oc4c3)sc2c1. The van der Waals surface area contributed by atoms with Crippen LogP contribution in [0.2, 0.25) is 0 Å². The molecular weight excluding hydrogens is 376 g/mol. The van der Waals surface area contributed by atoms with Gasteiger partial charge in [-0.05, 0) is 48.7 Å². The Labute approximate surface area is 164 Å². The first-order valence-corrected chi connectivity index (χ1v) is 9.70. The molecule has 4 rings (SSSR count). The molecule has 0 radical (unpaired) electrons. The van der Waals surface area contributed by atoms with E-state index < -0.39 is 5.63 Å². The van der Waals surface area contributed by atoms with E-state index in [1.807, 2.05) is 19.1 Å². The lowest BCUT2D eigenvalue weighted by molar-refractivity contribution is -0.118. The minimum atomic E-state index is -0.415. The summed E-state index contributed by atoms with van der Waals surface area (Å²) in [5.74, 6) is 0.147. The first kappa shape index (κ1) is 18.2. The van der Waals surface area contributed by atoms with Crippen LogP contribution < -0.4 is 15.7 Å². The van der Waals surface area contributed by atoms with Crippen molar-refractivity contribution in [1.82, 2.24) is 4.98 Å². The summed E-state index contributed by atoms with van der Waals surface area (Å²) >= 11 is 1.43. The lowest BCUT2D eigenvalue weighted by atomic mass is 10.1. The van der Waals surface area contributed by atoms with Crippen LogP contribution in [0.4, 0.5) is 5.13 Å². The second-order valence-corrected chi connectivity index (χ2v) is 7.45. The van der Waals surface area contributed by atoms with E-state index in [0.717, 1.165) is 27.6 Å². The van der Waals surface area contributed by atoms with Crippen LogP contribution >= 0.6 is 11.3 Å². The van der Waals surface area contributed by atoms with Gasteiger partial charge in [-0.2, -0.15) is 0 Å². The van der Waals surface area contributed by atoms with Gasteiger partial charge in [-0.25, -0.2) is 9.78 Å². The molecule has 28 heavy (non-hydrogen) atoms. The van der Waals surface area contributed by atoms with Crippen molar-refractivity contribution in [1.29, 1.82) is 0 Å². The van der Waals surface area contributed by atoms with E-state index in [1.54, 1.807) is 18.2 Å². The van der Waals surface area contributed by atoms with Crippen molar-refractivity contribution in [2.75, 3.05) is 11.9 Å². The minimum absolute atomic E-state index is 0.169. The molecule has 0 aliphatic rings. The largest absolute Gasteiger partial charge is 0.484 e. The molecule has 0 fully saturated rings. The summed E-state index contributed by atoms with van der Waals surface area (Å²) in [5, 5.41) is 4.13. The van der Waals surface area contributed by atoms with Crippen molar-refractivity contribution in [2.24, 2.45) is 0 Å². The Hall–Kier alpha value is -3.19. The molecule has 4 aromatic rings. The van der Waals surface area contributed by atoms with Crippen LogP contribution in [-0.2, 0) is 11.2 Å². The molecule has 7 heteroatoms. The van der Waals surface area contributed by atoms with Gasteiger partial charge in [-0.15, -0.1) is 0 Å². The van der Waals surface area contributed by atoms with E-state index >= 15 is 0 Å². The van der Waals surface area contributed by atoms with Crippen LogP contribution in [0.5, 0.6) is 5.75 Å². The Balaban J connectivity index is 1.44. The number of hydrogen-bond acceptors (Lipinski definition) is 6. The Morgan fingerprint density at radius 3 is 2.89 bits per heavy atom. The number of aromatic nitrogens is 1. The molecule has 0 aliphatic carbocycles. The highest BCUT2D eigenvalue weighted by Gasteiger charge is 2.10. The molecule has 2 heterocycles. The quantitative estimate of drug-likeness (QED) is 0.511. The lowest BCUT2D eigenvalue weighted by Crippen LogP contribution is -2.20. The Bertz CT molecular complexity index is 1240. The molecule has 0 saturated carbocycles. The van der Waals surface area contributed by atoms with Crippen LogP contribution in [0.15, 0.2) is 51.7 Å². The Kier molecular flexibility index (Phi) is 4.83. The van der Waals surface area contributed by atoms with Gasteiger partial charge >= 0.3 is 5.63 Å². The van der Waals surface area contributed by atoms with Gasteiger partial charge < -0.3 is 9.15 Å². The highest BCUT2D eigenvalue weighted by Crippen LogP contribution is 2.27. The molecule has 2 aromatic heterocycles. The molecule has 0 spiro atoms. The zero-order chi connectivity index (χ0) is 19.7. The number of rotatable bonds is 5. The topological polar surface area (TPSA) is 81.4 Å². The third-order valence-corrected chi connectivity index (χ3v) is 5.33. The van der Waals surface area contributed by atoms with E-state index in [4.69, 9.17) is 9.15 Å². The van der Waals surface area contributed by atoms with Gasteiger partial charge in [0.2, 0.25) is 0 Å². The first-order chi connectivity index (χ1) is 13.5. The summed E-state index contributed by atoms with van der Waals surface area (Å²) in [6, 6.07) is 12.7. The molecule has 142 valence electrons. The van der Waals surface area contributed by atoms with E-state index in [2.05, 4.69) is 23.3 Å². The average Bonchev–Trinajstić information content (AvgIpc) is 3.07. The summed E-state index contributed by atoms with van der Waals surface area (Å²) in [4.78, 5) is 28.2. The number of aryl methyl sites for hydroxylation is 2. The zero-order valence-corrected chi connectivity index (χ0v) is 16.3. The van der Waals surface area contributed by atoms with E-state index in [-0.39, 0.29) is 12.5 Å². The third-order valence-electron chi connectivity index (χ3n) is 4.40. The number of ether oxygens (including phenoxy) is 1. The van der Waals surface area contributed by atoms with Crippen molar-refractivity contribution in [3.63, 3.8) is 0 Å². The fraction of sp³-hybridized carbons (Fsp3) is 0.190. The van der Waals surface area contributed by atoms with Crippen LogP contribution in [0.3, 0.4) is 0 Å². The predicted octanol–water partition coefficient (Wildman–Crippen LogP) is 4.29. The second-order valence-electron chi connectivity index (χ2n) is 6.42. The van der Waals surface area contributed by atoms with E-state index in [0.29, 0.717) is 16.5 Å². The number of anilines is 1. The molecule has 0 saturated heterocycles. The molecule has 0 atom stereocenters. The first-order valence-electron chi connectivity index (χ1n) is 8.88. The number of nitrogens with zero attached hydrogens (tertiary/aromatic N) is 1. The highest BCUT2D eigenvalue weighted by molar-refractivity contribution is 7.22. The maximum atomic E-state index is 12.2. The van der Waals surface area contributed by atoms with Crippen LogP contribution in [0.25, 0.3) is 21.2 Å². The van der Waals surface area contributed by atoms with E-state index in [1.165, 1.54) is 23.0 Å². The number of benzene rings is 2. The molecule has 1 N–H and O–H groups in total. The smallest absolute Gasteiger partial charge is 0.336 e. The van der Waals surface area contributed by atoms with Crippen LogP contribution in [0, 0.1) is 6.92 Å². The predicted molar refractivity (Wildman–Crippen MR) is 110 cm³/mol. The lowest BCUT2D eigenvalue weighted by Gasteiger charge is -2.07. The second kappa shape index (κ2) is 7.44. The van der Waals surface area contributed by atoms with Gasteiger partial charge in [-0.1, -0.05) is 24.3 Å². The van der Waals surface area contributed by atoms with Crippen LogP contribution in [0.1, 0.15) is 18.1 Å². The number of fused-ring (bicyclic) bond motifs is 2. The highest BCUT2D eigenvalue weighted by atomic mass is 32.1. The summed E-state index contributed by atoms with van der Waals surface area (Å²) in [7, 11) is 0. The number of carbonyl (C=O) groups excluding carboxylic acids is 1. The Morgan fingerprint density at radius 1 is 1.21 bits per heavy atom. The zero-order valence-electron chi connectivity index (χ0n) is 15.4. The van der Waals surface area contributed by atoms with Gasteiger partial charge in [0.15, 0.2) is 11.7 Å². The molecule has 0 bridgehead atoms. The van der Waals surface area contributed by atoms with Crippen molar-refractivity contribution in [3.05, 3.63) is 64.0 Å². The normalized spacial score (nSPS) is 11.1. The number of nitrogens with one attached hydrogen (secondary N) is 1. The molecule has 2 aromatic carbocycles. The fourth-order valence-corrected chi connectivity index (χ4v) is 3.89.